The molecule has 5 rings (SSSR count). The Balaban J connectivity index is 1.17. The third-order valence-electron chi connectivity index (χ3n) is 5.89. The predicted octanol–water partition coefficient (Wildman–Crippen LogP) is 3.04. The Labute approximate surface area is 180 Å². The zero-order valence-electron chi connectivity index (χ0n) is 16.9. The second-order valence-corrected chi connectivity index (χ2v) is 8.97. The highest BCUT2D eigenvalue weighted by molar-refractivity contribution is 7.15. The number of nitrogens with zero attached hydrogens (tertiary/aromatic N) is 3. The highest BCUT2D eigenvalue weighted by Gasteiger charge is 2.17. The minimum absolute atomic E-state index is 0.119. The molecular weight excluding hydrogens is 394 g/mol. The summed E-state index contributed by atoms with van der Waals surface area (Å²) >= 11 is 1.47. The number of amides is 1. The Morgan fingerprint density at radius 2 is 1.97 bits per heavy atom. The van der Waals surface area contributed by atoms with Crippen LogP contribution in [0.2, 0.25) is 0 Å². The molecular formula is C23H25N5OS. The maximum Gasteiger partial charge on any atom is 0.257 e. The summed E-state index contributed by atoms with van der Waals surface area (Å²) in [7, 11) is 0. The molecule has 2 aromatic carbocycles. The van der Waals surface area contributed by atoms with Gasteiger partial charge in [0.15, 0.2) is 0 Å². The lowest BCUT2D eigenvalue weighted by molar-refractivity contribution is 0.102. The minimum atomic E-state index is -0.119. The molecule has 0 unspecified atom stereocenters. The fraction of sp³-hybridized carbons (Fsp3) is 0.348. The van der Waals surface area contributed by atoms with E-state index in [1.54, 1.807) is 0 Å². The smallest absolute Gasteiger partial charge is 0.257 e. The molecule has 2 N–H and O–H groups in total. The first kappa shape index (κ1) is 19.4. The third kappa shape index (κ3) is 4.28. The lowest BCUT2D eigenvalue weighted by Crippen LogP contribution is -2.32. The van der Waals surface area contributed by atoms with Crippen LogP contribution in [-0.4, -0.2) is 40.6 Å². The molecule has 2 aliphatic heterocycles. The molecule has 0 saturated heterocycles. The second kappa shape index (κ2) is 8.63. The molecule has 0 spiro atoms. The lowest BCUT2D eigenvalue weighted by Gasteiger charge is -2.28. The molecule has 3 heterocycles. The van der Waals surface area contributed by atoms with Gasteiger partial charge in [-0.15, -0.1) is 10.2 Å². The molecule has 1 aromatic heterocycles. The van der Waals surface area contributed by atoms with Crippen LogP contribution in [0.3, 0.4) is 0 Å². The Kier molecular flexibility index (Phi) is 5.57. The van der Waals surface area contributed by atoms with Gasteiger partial charge in [0.1, 0.15) is 5.01 Å². The largest absolute Gasteiger partial charge is 0.312 e. The number of aromatic nitrogens is 2. The molecule has 6 nitrogen and oxygen atoms in total. The molecule has 0 radical (unpaired) electrons. The highest BCUT2D eigenvalue weighted by Crippen LogP contribution is 2.22. The number of benzene rings is 2. The Morgan fingerprint density at radius 3 is 2.90 bits per heavy atom. The van der Waals surface area contributed by atoms with Crippen LogP contribution >= 0.6 is 11.3 Å². The summed E-state index contributed by atoms with van der Waals surface area (Å²) in [6, 6.07) is 14.6. The van der Waals surface area contributed by atoms with Gasteiger partial charge in [-0.25, -0.2) is 0 Å². The van der Waals surface area contributed by atoms with E-state index >= 15 is 0 Å². The molecule has 0 aliphatic carbocycles. The van der Waals surface area contributed by atoms with Crippen molar-refractivity contribution in [1.82, 2.24) is 20.4 Å². The summed E-state index contributed by atoms with van der Waals surface area (Å²) in [6.07, 6.45) is 2.91. The number of hydrogen-bond acceptors (Lipinski definition) is 6. The Morgan fingerprint density at radius 1 is 1.07 bits per heavy atom. The standard InChI is InChI=1S/C23H25N5OS/c29-22(18-5-6-19-14-24-10-7-17(19)13-18)25-23-27-26-21(30-23)9-12-28-11-8-16-3-1-2-4-20(16)15-28/h1-6,13,24H,7-12,14-15H2,(H,25,27,29). The molecule has 0 saturated carbocycles. The van der Waals surface area contributed by atoms with Gasteiger partial charge in [-0.3, -0.25) is 15.0 Å². The summed E-state index contributed by atoms with van der Waals surface area (Å²) in [5, 5.41) is 16.2. The van der Waals surface area contributed by atoms with E-state index in [2.05, 4.69) is 50.0 Å². The van der Waals surface area contributed by atoms with E-state index < -0.39 is 0 Å². The molecule has 154 valence electrons. The van der Waals surface area contributed by atoms with Crippen molar-refractivity contribution in [2.24, 2.45) is 0 Å². The number of carbonyl (C=O) groups is 1. The molecule has 0 bridgehead atoms. The number of rotatable bonds is 5. The van der Waals surface area contributed by atoms with E-state index in [4.69, 9.17) is 0 Å². The molecule has 0 atom stereocenters. The van der Waals surface area contributed by atoms with E-state index in [-0.39, 0.29) is 5.91 Å². The lowest BCUT2D eigenvalue weighted by atomic mass is 9.98. The van der Waals surface area contributed by atoms with Gasteiger partial charge >= 0.3 is 0 Å². The molecule has 2 aliphatic rings. The van der Waals surface area contributed by atoms with Gasteiger partial charge in [-0.05, 0) is 53.8 Å². The first-order chi connectivity index (χ1) is 14.7. The molecule has 0 fully saturated rings. The quantitative estimate of drug-likeness (QED) is 0.665. The zero-order valence-corrected chi connectivity index (χ0v) is 17.7. The Hall–Kier alpha value is -2.61. The fourth-order valence-electron chi connectivity index (χ4n) is 4.19. The number of anilines is 1. The molecule has 3 aromatic rings. The number of carbonyl (C=O) groups excluding carboxylic acids is 1. The van der Waals surface area contributed by atoms with Crippen LogP contribution in [0.15, 0.2) is 42.5 Å². The van der Waals surface area contributed by atoms with E-state index in [0.717, 1.165) is 57.0 Å². The second-order valence-electron chi connectivity index (χ2n) is 7.91. The van der Waals surface area contributed by atoms with Crippen molar-refractivity contribution in [3.05, 3.63) is 75.3 Å². The van der Waals surface area contributed by atoms with Gasteiger partial charge in [-0.1, -0.05) is 41.7 Å². The van der Waals surface area contributed by atoms with Crippen molar-refractivity contribution in [2.75, 3.05) is 25.0 Å². The van der Waals surface area contributed by atoms with Crippen molar-refractivity contribution in [3.63, 3.8) is 0 Å². The van der Waals surface area contributed by atoms with Crippen molar-refractivity contribution < 1.29 is 4.79 Å². The van der Waals surface area contributed by atoms with E-state index in [1.165, 1.54) is 33.6 Å². The van der Waals surface area contributed by atoms with E-state index in [1.807, 2.05) is 18.2 Å². The maximum atomic E-state index is 12.6. The van der Waals surface area contributed by atoms with Crippen molar-refractivity contribution in [1.29, 1.82) is 0 Å². The van der Waals surface area contributed by atoms with Crippen molar-refractivity contribution in [2.45, 2.75) is 32.4 Å². The topological polar surface area (TPSA) is 70.2 Å². The number of fused-ring (bicyclic) bond motifs is 2. The summed E-state index contributed by atoms with van der Waals surface area (Å²) in [4.78, 5) is 15.1. The van der Waals surface area contributed by atoms with E-state index in [0.29, 0.717) is 10.7 Å². The van der Waals surface area contributed by atoms with Crippen LogP contribution in [0.25, 0.3) is 0 Å². The monoisotopic (exact) mass is 419 g/mol. The first-order valence-corrected chi connectivity index (χ1v) is 11.3. The van der Waals surface area contributed by atoms with Crippen LogP contribution < -0.4 is 10.6 Å². The van der Waals surface area contributed by atoms with Gasteiger partial charge in [0.2, 0.25) is 5.13 Å². The SMILES string of the molecule is O=C(Nc1nnc(CCN2CCc3ccccc3C2)s1)c1ccc2c(c1)CCNC2. The van der Waals surface area contributed by atoms with Crippen LogP contribution in [0.4, 0.5) is 5.13 Å². The molecule has 1 amide bonds. The van der Waals surface area contributed by atoms with Crippen LogP contribution in [0, 0.1) is 0 Å². The number of nitrogens with one attached hydrogen (secondary N) is 2. The fourth-order valence-corrected chi connectivity index (χ4v) is 4.92. The predicted molar refractivity (Wildman–Crippen MR) is 119 cm³/mol. The van der Waals surface area contributed by atoms with Gasteiger partial charge in [0.05, 0.1) is 0 Å². The normalized spacial score (nSPS) is 16.0. The summed E-state index contributed by atoms with van der Waals surface area (Å²) in [5.74, 6) is -0.119. The van der Waals surface area contributed by atoms with Gasteiger partial charge in [0, 0.05) is 38.2 Å². The highest BCUT2D eigenvalue weighted by atomic mass is 32.1. The average Bonchev–Trinajstić information content (AvgIpc) is 3.24. The summed E-state index contributed by atoms with van der Waals surface area (Å²) in [6.45, 7) is 4.86. The van der Waals surface area contributed by atoms with Gasteiger partial charge in [0.25, 0.3) is 5.91 Å². The number of hydrogen-bond donors (Lipinski definition) is 2. The van der Waals surface area contributed by atoms with Crippen LogP contribution in [-0.2, 0) is 32.4 Å². The van der Waals surface area contributed by atoms with E-state index in [9.17, 15) is 4.79 Å². The summed E-state index contributed by atoms with van der Waals surface area (Å²) < 4.78 is 0. The Bertz CT molecular complexity index is 1060. The first-order valence-electron chi connectivity index (χ1n) is 10.5. The van der Waals surface area contributed by atoms with Gasteiger partial charge < -0.3 is 5.32 Å². The van der Waals surface area contributed by atoms with Gasteiger partial charge in [-0.2, -0.15) is 0 Å². The molecule has 30 heavy (non-hydrogen) atoms. The van der Waals surface area contributed by atoms with Crippen molar-refractivity contribution in [3.8, 4) is 0 Å². The third-order valence-corrected chi connectivity index (χ3v) is 6.79. The zero-order chi connectivity index (χ0) is 20.3. The minimum Gasteiger partial charge on any atom is -0.312 e. The average molecular weight is 420 g/mol. The molecule has 7 heteroatoms. The van der Waals surface area contributed by atoms with Crippen molar-refractivity contribution >= 4 is 22.4 Å². The maximum absolute atomic E-state index is 12.6. The van der Waals surface area contributed by atoms with Crippen LogP contribution in [0.5, 0.6) is 0 Å². The van der Waals surface area contributed by atoms with Crippen LogP contribution in [0.1, 0.15) is 37.6 Å². The summed E-state index contributed by atoms with van der Waals surface area (Å²) in [5.41, 5.74) is 6.10.